The van der Waals surface area contributed by atoms with Crippen molar-refractivity contribution < 1.29 is 23.7 Å². The van der Waals surface area contributed by atoms with Crippen LogP contribution in [0.3, 0.4) is 0 Å². The Morgan fingerprint density at radius 1 is 1.16 bits per heavy atom. The van der Waals surface area contributed by atoms with Crippen molar-refractivity contribution in [3.8, 4) is 11.5 Å². The van der Waals surface area contributed by atoms with Crippen LogP contribution >= 0.6 is 0 Å². The van der Waals surface area contributed by atoms with Crippen LogP contribution in [0, 0.1) is 0 Å². The van der Waals surface area contributed by atoms with Gasteiger partial charge < -0.3 is 34.9 Å². The molecular formula is C22H36N4O5. The minimum Gasteiger partial charge on any atom is -0.490 e. The Morgan fingerprint density at radius 3 is 2.74 bits per heavy atom. The Balaban J connectivity index is 1.91. The lowest BCUT2D eigenvalue weighted by molar-refractivity contribution is -0.121. The first kappa shape index (κ1) is 24.7. The van der Waals surface area contributed by atoms with Crippen molar-refractivity contribution in [1.82, 2.24) is 10.6 Å². The van der Waals surface area contributed by atoms with Gasteiger partial charge in [-0.15, -0.1) is 0 Å². The second kappa shape index (κ2) is 14.5. The number of fused-ring (bicyclic) bond motifs is 1. The van der Waals surface area contributed by atoms with Gasteiger partial charge in [-0.2, -0.15) is 0 Å². The van der Waals surface area contributed by atoms with Crippen LogP contribution in [-0.4, -0.2) is 71.1 Å². The third-order valence-corrected chi connectivity index (χ3v) is 4.25. The highest BCUT2D eigenvalue weighted by Gasteiger charge is 2.12. The molecule has 0 spiro atoms. The molecule has 9 nitrogen and oxygen atoms in total. The lowest BCUT2D eigenvalue weighted by atomic mass is 10.2. The van der Waals surface area contributed by atoms with Crippen LogP contribution in [0.2, 0.25) is 0 Å². The van der Waals surface area contributed by atoms with Crippen molar-refractivity contribution in [2.45, 2.75) is 39.2 Å². The molecule has 0 saturated carbocycles. The zero-order chi connectivity index (χ0) is 22.3. The molecule has 0 unspecified atom stereocenters. The molecule has 174 valence electrons. The van der Waals surface area contributed by atoms with Gasteiger partial charge in [0.15, 0.2) is 17.5 Å². The summed E-state index contributed by atoms with van der Waals surface area (Å²) in [5.74, 6) is 2.06. The number of nitrogens with one attached hydrogen (secondary N) is 3. The molecule has 31 heavy (non-hydrogen) atoms. The topological polar surface area (TPSA) is 102 Å². The third-order valence-electron chi connectivity index (χ3n) is 4.25. The lowest BCUT2D eigenvalue weighted by Crippen LogP contribution is -2.36. The first-order chi connectivity index (χ1) is 15.1. The van der Waals surface area contributed by atoms with Crippen molar-refractivity contribution in [2.24, 2.45) is 4.99 Å². The number of amides is 1. The summed E-state index contributed by atoms with van der Waals surface area (Å²) in [6.45, 7) is 8.00. The van der Waals surface area contributed by atoms with Crippen molar-refractivity contribution in [3.63, 3.8) is 0 Å². The molecule has 1 aliphatic heterocycles. The van der Waals surface area contributed by atoms with Crippen molar-refractivity contribution in [1.29, 1.82) is 0 Å². The van der Waals surface area contributed by atoms with Gasteiger partial charge in [0, 0.05) is 57.4 Å². The summed E-state index contributed by atoms with van der Waals surface area (Å²) >= 11 is 0. The molecule has 9 heteroatoms. The summed E-state index contributed by atoms with van der Waals surface area (Å²) in [5.41, 5.74) is 0.832. The van der Waals surface area contributed by atoms with Gasteiger partial charge in [0.25, 0.3) is 0 Å². The number of benzene rings is 1. The van der Waals surface area contributed by atoms with E-state index in [1.807, 2.05) is 32.0 Å². The monoisotopic (exact) mass is 436 g/mol. The molecule has 0 saturated heterocycles. The van der Waals surface area contributed by atoms with Gasteiger partial charge in [-0.05, 0) is 32.4 Å². The maximum Gasteiger partial charge on any atom is 0.221 e. The van der Waals surface area contributed by atoms with Crippen LogP contribution in [0.5, 0.6) is 11.5 Å². The quantitative estimate of drug-likeness (QED) is 0.262. The number of nitrogens with zero attached hydrogens (tertiary/aromatic N) is 1. The minimum absolute atomic E-state index is 0.00368. The van der Waals surface area contributed by atoms with Crippen molar-refractivity contribution in [2.75, 3.05) is 58.6 Å². The Labute approximate surface area is 184 Å². The molecule has 0 radical (unpaired) electrons. The molecular weight excluding hydrogens is 400 g/mol. The zero-order valence-electron chi connectivity index (χ0n) is 18.9. The van der Waals surface area contributed by atoms with Gasteiger partial charge in [-0.25, -0.2) is 0 Å². The second-order valence-electron chi connectivity index (χ2n) is 7.43. The lowest BCUT2D eigenvalue weighted by Gasteiger charge is -2.15. The number of hydrogen-bond donors (Lipinski definition) is 3. The molecule has 0 fully saturated rings. The van der Waals surface area contributed by atoms with Crippen molar-refractivity contribution in [3.05, 3.63) is 18.2 Å². The highest BCUT2D eigenvalue weighted by Crippen LogP contribution is 2.32. The third kappa shape index (κ3) is 10.4. The largest absolute Gasteiger partial charge is 0.490 e. The number of aliphatic imine (C=N–C) groups is 1. The zero-order valence-corrected chi connectivity index (χ0v) is 18.9. The van der Waals surface area contributed by atoms with Gasteiger partial charge in [0.1, 0.15) is 0 Å². The van der Waals surface area contributed by atoms with E-state index in [0.29, 0.717) is 64.3 Å². The molecule has 1 heterocycles. The predicted octanol–water partition coefficient (Wildman–Crippen LogP) is 2.17. The minimum atomic E-state index is 0.00368. The SMILES string of the molecule is COCCOCCCN=C(NCCC(=O)NC(C)C)Nc1ccc2c(c1)OCCCO2. The molecule has 1 aromatic carbocycles. The smallest absolute Gasteiger partial charge is 0.221 e. The maximum absolute atomic E-state index is 11.9. The van der Waals surface area contributed by atoms with Gasteiger partial charge >= 0.3 is 0 Å². The van der Waals surface area contributed by atoms with E-state index in [1.165, 1.54) is 0 Å². The van der Waals surface area contributed by atoms with Crippen LogP contribution in [0.25, 0.3) is 0 Å². The Kier molecular flexibility index (Phi) is 11.6. The summed E-state index contributed by atoms with van der Waals surface area (Å²) < 4.78 is 21.9. The fourth-order valence-electron chi connectivity index (χ4n) is 2.81. The van der Waals surface area contributed by atoms with E-state index < -0.39 is 0 Å². The molecule has 2 rings (SSSR count). The summed E-state index contributed by atoms with van der Waals surface area (Å²) in [6, 6.07) is 5.83. The second-order valence-corrected chi connectivity index (χ2v) is 7.43. The molecule has 1 aliphatic rings. The van der Waals surface area contributed by atoms with Crippen LogP contribution in [0.4, 0.5) is 5.69 Å². The Hall–Kier alpha value is -2.52. The van der Waals surface area contributed by atoms with Gasteiger partial charge in [-0.3, -0.25) is 9.79 Å². The van der Waals surface area contributed by atoms with E-state index in [9.17, 15) is 4.79 Å². The number of ether oxygens (including phenoxy) is 4. The first-order valence-electron chi connectivity index (χ1n) is 10.9. The van der Waals surface area contributed by atoms with Crippen LogP contribution in [0.15, 0.2) is 23.2 Å². The van der Waals surface area contributed by atoms with Gasteiger partial charge in [-0.1, -0.05) is 0 Å². The molecule has 0 bridgehead atoms. The number of carbonyl (C=O) groups excluding carboxylic acids is 1. The molecule has 0 atom stereocenters. The van der Waals surface area contributed by atoms with Crippen LogP contribution < -0.4 is 25.4 Å². The average molecular weight is 437 g/mol. The molecule has 3 N–H and O–H groups in total. The van der Waals surface area contributed by atoms with E-state index in [1.54, 1.807) is 7.11 Å². The fourth-order valence-corrected chi connectivity index (χ4v) is 2.81. The molecule has 0 aromatic heterocycles. The summed E-state index contributed by atoms with van der Waals surface area (Å²) in [7, 11) is 1.65. The fraction of sp³-hybridized carbons (Fsp3) is 0.636. The first-order valence-corrected chi connectivity index (χ1v) is 10.9. The van der Waals surface area contributed by atoms with E-state index in [4.69, 9.17) is 18.9 Å². The van der Waals surface area contributed by atoms with Gasteiger partial charge in [0.2, 0.25) is 5.91 Å². The van der Waals surface area contributed by atoms with Crippen LogP contribution in [-0.2, 0) is 14.3 Å². The highest BCUT2D eigenvalue weighted by atomic mass is 16.5. The van der Waals surface area contributed by atoms with Crippen molar-refractivity contribution >= 4 is 17.6 Å². The number of methoxy groups -OCH3 is 1. The highest BCUT2D eigenvalue weighted by molar-refractivity contribution is 5.94. The number of anilines is 1. The summed E-state index contributed by atoms with van der Waals surface area (Å²) in [5, 5.41) is 9.39. The maximum atomic E-state index is 11.9. The Morgan fingerprint density at radius 2 is 1.97 bits per heavy atom. The molecule has 0 aliphatic carbocycles. The number of guanidine groups is 1. The van der Waals surface area contributed by atoms with E-state index in [0.717, 1.165) is 24.3 Å². The number of carbonyl (C=O) groups is 1. The number of rotatable bonds is 12. The average Bonchev–Trinajstić information content (AvgIpc) is 2.97. The van der Waals surface area contributed by atoms with E-state index in [2.05, 4.69) is 20.9 Å². The Bertz CT molecular complexity index is 696. The molecule has 1 aromatic rings. The predicted molar refractivity (Wildman–Crippen MR) is 121 cm³/mol. The summed E-state index contributed by atoms with van der Waals surface area (Å²) in [6.07, 6.45) is 2.00. The normalized spacial score (nSPS) is 13.6. The van der Waals surface area contributed by atoms with Gasteiger partial charge in [0.05, 0.1) is 26.4 Å². The standard InChI is InChI=1S/C22H36N4O5/c1-17(2)25-21(27)8-10-24-22(23-9-4-11-29-15-14-28-3)26-18-6-7-19-20(16-18)31-13-5-12-30-19/h6-7,16-17H,4-5,8-15H2,1-3H3,(H,25,27)(H2,23,24,26). The summed E-state index contributed by atoms with van der Waals surface area (Å²) in [4.78, 5) is 16.5. The number of hydrogen-bond acceptors (Lipinski definition) is 6. The van der Waals surface area contributed by atoms with E-state index >= 15 is 0 Å². The van der Waals surface area contributed by atoms with E-state index in [-0.39, 0.29) is 11.9 Å². The van der Waals surface area contributed by atoms with Crippen LogP contribution in [0.1, 0.15) is 33.1 Å². The molecule has 1 amide bonds.